The van der Waals surface area contributed by atoms with Crippen molar-refractivity contribution in [3.63, 3.8) is 0 Å². The van der Waals surface area contributed by atoms with Crippen LogP contribution in [-0.4, -0.2) is 20.9 Å². The van der Waals surface area contributed by atoms with Crippen molar-refractivity contribution in [3.8, 4) is 0 Å². The van der Waals surface area contributed by atoms with Gasteiger partial charge < -0.3 is 5.32 Å². The summed E-state index contributed by atoms with van der Waals surface area (Å²) >= 11 is 0. The molecule has 0 bridgehead atoms. The largest absolute Gasteiger partial charge is 0.355 e. The van der Waals surface area contributed by atoms with Crippen molar-refractivity contribution < 1.29 is 13.2 Å². The van der Waals surface area contributed by atoms with Gasteiger partial charge in [-0.15, -0.1) is 0 Å². The molecular formula is C28H32N2O3S. The Hall–Kier alpha value is -3.12. The summed E-state index contributed by atoms with van der Waals surface area (Å²) in [5, 5.41) is 3.09. The van der Waals surface area contributed by atoms with Crippen molar-refractivity contribution in [1.82, 2.24) is 5.32 Å². The zero-order valence-corrected chi connectivity index (χ0v) is 20.8. The van der Waals surface area contributed by atoms with Crippen molar-refractivity contribution in [2.24, 2.45) is 0 Å². The van der Waals surface area contributed by atoms with E-state index in [4.69, 9.17) is 0 Å². The summed E-state index contributed by atoms with van der Waals surface area (Å²) in [6, 6.07) is 21.1. The van der Waals surface area contributed by atoms with E-state index < -0.39 is 15.4 Å². The first-order chi connectivity index (χ1) is 16.2. The maximum Gasteiger partial charge on any atom is 0.262 e. The highest BCUT2D eigenvalue weighted by Gasteiger charge is 2.51. The first-order valence-electron chi connectivity index (χ1n) is 11.7. The van der Waals surface area contributed by atoms with E-state index in [2.05, 4.69) is 22.2 Å². The number of amides is 1. The molecule has 2 N–H and O–H groups in total. The van der Waals surface area contributed by atoms with E-state index in [1.54, 1.807) is 25.1 Å². The Bertz CT molecular complexity index is 1280. The Morgan fingerprint density at radius 2 is 1.53 bits per heavy atom. The third kappa shape index (κ3) is 5.17. The molecule has 0 spiro atoms. The van der Waals surface area contributed by atoms with E-state index >= 15 is 0 Å². The second-order valence-corrected chi connectivity index (χ2v) is 11.0. The molecule has 1 fully saturated rings. The van der Waals surface area contributed by atoms with Crippen LogP contribution in [0.25, 0.3) is 0 Å². The molecule has 0 aliphatic heterocycles. The van der Waals surface area contributed by atoms with Gasteiger partial charge in [0.15, 0.2) is 0 Å². The first kappa shape index (κ1) is 24.0. The van der Waals surface area contributed by atoms with Gasteiger partial charge >= 0.3 is 0 Å². The van der Waals surface area contributed by atoms with Crippen LogP contribution >= 0.6 is 0 Å². The molecule has 5 nitrogen and oxygen atoms in total. The summed E-state index contributed by atoms with van der Waals surface area (Å²) in [6.07, 6.45) is 3.45. The summed E-state index contributed by atoms with van der Waals surface area (Å²) in [5.74, 6) is 0.0552. The Morgan fingerprint density at radius 1 is 0.882 bits per heavy atom. The monoisotopic (exact) mass is 476 g/mol. The summed E-state index contributed by atoms with van der Waals surface area (Å²) < 4.78 is 28.6. The molecule has 178 valence electrons. The first-order valence-corrected chi connectivity index (χ1v) is 13.2. The zero-order chi connectivity index (χ0) is 24.3. The van der Waals surface area contributed by atoms with E-state index in [-0.39, 0.29) is 10.8 Å². The van der Waals surface area contributed by atoms with Crippen LogP contribution in [0, 0.1) is 20.8 Å². The summed E-state index contributed by atoms with van der Waals surface area (Å²) in [5.41, 5.74) is 4.91. The fourth-order valence-corrected chi connectivity index (χ4v) is 5.74. The average Bonchev–Trinajstić information content (AvgIpc) is 3.62. The highest BCUT2D eigenvalue weighted by Crippen LogP contribution is 2.48. The van der Waals surface area contributed by atoms with Crippen LogP contribution in [0.2, 0.25) is 0 Å². The summed E-state index contributed by atoms with van der Waals surface area (Å²) in [6.45, 7) is 6.32. The fourth-order valence-electron chi connectivity index (χ4n) is 4.37. The summed E-state index contributed by atoms with van der Waals surface area (Å²) in [4.78, 5) is 13.2. The van der Waals surface area contributed by atoms with Crippen LogP contribution in [0.1, 0.15) is 47.1 Å². The maximum atomic E-state index is 13.0. The number of benzene rings is 3. The predicted octanol–water partition coefficient (Wildman–Crippen LogP) is 5.19. The van der Waals surface area contributed by atoms with Gasteiger partial charge in [0.25, 0.3) is 10.0 Å². The van der Waals surface area contributed by atoms with E-state index in [9.17, 15) is 13.2 Å². The highest BCUT2D eigenvalue weighted by molar-refractivity contribution is 7.92. The standard InChI is InChI=1S/C28H32N2O3S/c1-20-18-22(3)26(19-21(20)2)34(32,33)30-25-13-11-24(12-14-25)28(15-16-28)27(31)29-17-7-10-23-8-5-4-6-9-23/h4-6,8-9,11-14,18-19,30H,7,10,15-17H2,1-3H3,(H,29,31). The third-order valence-corrected chi connectivity index (χ3v) is 8.25. The summed E-state index contributed by atoms with van der Waals surface area (Å²) in [7, 11) is -3.70. The average molecular weight is 477 g/mol. The minimum atomic E-state index is -3.70. The van der Waals surface area contributed by atoms with E-state index in [1.807, 2.05) is 50.2 Å². The van der Waals surface area contributed by atoms with Crippen molar-refractivity contribution >= 4 is 21.6 Å². The van der Waals surface area contributed by atoms with Crippen LogP contribution in [0.5, 0.6) is 0 Å². The number of rotatable bonds is 9. The number of carbonyl (C=O) groups excluding carboxylic acids is 1. The maximum absolute atomic E-state index is 13.0. The van der Waals surface area contributed by atoms with Gasteiger partial charge in [-0.25, -0.2) is 8.42 Å². The van der Waals surface area contributed by atoms with Crippen LogP contribution in [0.4, 0.5) is 5.69 Å². The van der Waals surface area contributed by atoms with Crippen LogP contribution in [0.3, 0.4) is 0 Å². The second kappa shape index (κ2) is 9.63. The predicted molar refractivity (Wildman–Crippen MR) is 137 cm³/mol. The van der Waals surface area contributed by atoms with Crippen molar-refractivity contribution in [2.45, 2.75) is 56.8 Å². The van der Waals surface area contributed by atoms with Crippen LogP contribution in [0.15, 0.2) is 71.6 Å². The molecule has 1 saturated carbocycles. The molecule has 4 rings (SSSR count). The molecule has 3 aromatic carbocycles. The molecule has 34 heavy (non-hydrogen) atoms. The molecule has 6 heteroatoms. The van der Waals surface area contributed by atoms with Crippen LogP contribution < -0.4 is 10.0 Å². The van der Waals surface area contributed by atoms with Gasteiger partial charge in [-0.3, -0.25) is 9.52 Å². The molecule has 0 radical (unpaired) electrons. The van der Waals surface area contributed by atoms with Gasteiger partial charge in [0, 0.05) is 12.2 Å². The number of carbonyl (C=O) groups is 1. The van der Waals surface area contributed by atoms with Gasteiger partial charge in [-0.1, -0.05) is 48.5 Å². The molecule has 0 saturated heterocycles. The molecule has 3 aromatic rings. The molecule has 0 aromatic heterocycles. The lowest BCUT2D eigenvalue weighted by atomic mass is 9.94. The number of nitrogens with one attached hydrogen (secondary N) is 2. The Balaban J connectivity index is 1.38. The van der Waals surface area contributed by atoms with Crippen molar-refractivity contribution in [3.05, 3.63) is 94.5 Å². The zero-order valence-electron chi connectivity index (χ0n) is 20.0. The Labute approximate surface area is 202 Å². The van der Waals surface area contributed by atoms with Gasteiger partial charge in [0.05, 0.1) is 10.3 Å². The quantitative estimate of drug-likeness (QED) is 0.417. The number of aryl methyl sites for hydroxylation is 4. The third-order valence-electron chi connectivity index (χ3n) is 6.73. The van der Waals surface area contributed by atoms with Gasteiger partial charge in [0.1, 0.15) is 0 Å². The molecule has 0 atom stereocenters. The van der Waals surface area contributed by atoms with Crippen molar-refractivity contribution in [2.75, 3.05) is 11.3 Å². The van der Waals surface area contributed by atoms with Gasteiger partial charge in [-0.05, 0) is 92.5 Å². The molecule has 1 amide bonds. The minimum absolute atomic E-state index is 0.0552. The number of hydrogen-bond donors (Lipinski definition) is 2. The highest BCUT2D eigenvalue weighted by atomic mass is 32.2. The lowest BCUT2D eigenvalue weighted by molar-refractivity contribution is -0.123. The Morgan fingerprint density at radius 3 is 2.18 bits per heavy atom. The molecule has 0 unspecified atom stereocenters. The number of hydrogen-bond acceptors (Lipinski definition) is 3. The smallest absolute Gasteiger partial charge is 0.262 e. The fraction of sp³-hybridized carbons (Fsp3) is 0.321. The van der Waals surface area contributed by atoms with Gasteiger partial charge in [-0.2, -0.15) is 0 Å². The number of sulfonamides is 1. The number of anilines is 1. The van der Waals surface area contributed by atoms with E-state index in [1.165, 1.54) is 5.56 Å². The lowest BCUT2D eigenvalue weighted by Gasteiger charge is -2.17. The normalized spacial score (nSPS) is 14.4. The molecule has 1 aliphatic carbocycles. The minimum Gasteiger partial charge on any atom is -0.355 e. The molecule has 1 aliphatic rings. The van der Waals surface area contributed by atoms with E-state index in [0.29, 0.717) is 17.8 Å². The molecule has 0 heterocycles. The lowest BCUT2D eigenvalue weighted by Crippen LogP contribution is -2.35. The van der Waals surface area contributed by atoms with Crippen molar-refractivity contribution in [1.29, 1.82) is 0 Å². The molecular weight excluding hydrogens is 444 g/mol. The van der Waals surface area contributed by atoms with E-state index in [0.717, 1.165) is 42.4 Å². The Kier molecular flexibility index (Phi) is 6.80. The topological polar surface area (TPSA) is 75.3 Å². The SMILES string of the molecule is Cc1cc(C)c(S(=O)(=O)Nc2ccc(C3(C(=O)NCCCc4ccccc4)CC3)cc2)cc1C. The van der Waals surface area contributed by atoms with Gasteiger partial charge in [0.2, 0.25) is 5.91 Å². The van der Waals surface area contributed by atoms with Crippen LogP contribution in [-0.2, 0) is 26.7 Å². The second-order valence-electron chi connectivity index (χ2n) is 9.31.